The van der Waals surface area contributed by atoms with Gasteiger partial charge in [-0.2, -0.15) is 0 Å². The van der Waals surface area contributed by atoms with Crippen LogP contribution in [0.5, 0.6) is 5.75 Å². The van der Waals surface area contributed by atoms with Crippen LogP contribution < -0.4 is 10.1 Å². The lowest BCUT2D eigenvalue weighted by atomic mass is 10.1. The first kappa shape index (κ1) is 23.8. The third kappa shape index (κ3) is 7.41. The van der Waals surface area contributed by atoms with E-state index in [4.69, 9.17) is 4.74 Å². The van der Waals surface area contributed by atoms with Crippen LogP contribution >= 0.6 is 11.8 Å². The standard InChI is InChI=1S/C24H32N2O3S/c1-5-13-25-24(28)19(3)26(15-21-7-6-8-22(14-21)29-4)23(27)17-30-16-20-11-9-18(2)10-12-20/h6-12,14,19H,5,13,15-17H2,1-4H3,(H,25,28)/t19-/m1/s1. The molecule has 2 amide bonds. The summed E-state index contributed by atoms with van der Waals surface area (Å²) in [5.74, 6) is 1.64. The molecule has 30 heavy (non-hydrogen) atoms. The Balaban J connectivity index is 2.06. The van der Waals surface area contributed by atoms with Crippen LogP contribution in [0.25, 0.3) is 0 Å². The smallest absolute Gasteiger partial charge is 0.242 e. The minimum Gasteiger partial charge on any atom is -0.497 e. The maximum atomic E-state index is 13.1. The largest absolute Gasteiger partial charge is 0.497 e. The number of ether oxygens (including phenoxy) is 1. The summed E-state index contributed by atoms with van der Waals surface area (Å²) in [5, 5.41) is 2.90. The molecule has 0 aliphatic heterocycles. The van der Waals surface area contributed by atoms with E-state index in [2.05, 4.69) is 36.5 Å². The fraction of sp³-hybridized carbons (Fsp3) is 0.417. The second kappa shape index (κ2) is 12.3. The first-order valence-electron chi connectivity index (χ1n) is 10.3. The molecular formula is C24H32N2O3S. The van der Waals surface area contributed by atoms with Gasteiger partial charge in [-0.1, -0.05) is 48.9 Å². The highest BCUT2D eigenvalue weighted by Gasteiger charge is 2.25. The molecule has 0 saturated carbocycles. The number of carbonyl (C=O) groups excluding carboxylic acids is 2. The zero-order valence-electron chi connectivity index (χ0n) is 18.3. The van der Waals surface area contributed by atoms with Crippen molar-refractivity contribution in [2.45, 2.75) is 45.5 Å². The van der Waals surface area contributed by atoms with Crippen LogP contribution in [0.2, 0.25) is 0 Å². The number of hydrogen-bond donors (Lipinski definition) is 1. The fourth-order valence-corrected chi connectivity index (χ4v) is 3.84. The summed E-state index contributed by atoms with van der Waals surface area (Å²) >= 11 is 1.57. The molecule has 2 aromatic carbocycles. The molecule has 1 atom stereocenters. The van der Waals surface area contributed by atoms with Gasteiger partial charge >= 0.3 is 0 Å². The van der Waals surface area contributed by atoms with E-state index in [0.29, 0.717) is 18.8 Å². The first-order valence-corrected chi connectivity index (χ1v) is 11.4. The molecule has 0 heterocycles. The normalized spacial score (nSPS) is 11.6. The predicted molar refractivity (Wildman–Crippen MR) is 124 cm³/mol. The molecule has 0 spiro atoms. The number of methoxy groups -OCH3 is 1. The summed E-state index contributed by atoms with van der Waals surface area (Å²) < 4.78 is 5.29. The van der Waals surface area contributed by atoms with Gasteiger partial charge in [0.2, 0.25) is 11.8 Å². The van der Waals surface area contributed by atoms with Crippen molar-refractivity contribution in [2.75, 3.05) is 19.4 Å². The van der Waals surface area contributed by atoms with E-state index in [1.807, 2.05) is 31.2 Å². The molecule has 6 heteroatoms. The van der Waals surface area contributed by atoms with Gasteiger partial charge in [0, 0.05) is 18.8 Å². The molecule has 0 radical (unpaired) electrons. The number of carbonyl (C=O) groups is 2. The molecule has 0 aliphatic carbocycles. The van der Waals surface area contributed by atoms with E-state index in [1.54, 1.807) is 30.7 Å². The van der Waals surface area contributed by atoms with E-state index in [9.17, 15) is 9.59 Å². The van der Waals surface area contributed by atoms with E-state index in [0.717, 1.165) is 23.5 Å². The second-order valence-electron chi connectivity index (χ2n) is 7.32. The summed E-state index contributed by atoms with van der Waals surface area (Å²) in [6.45, 7) is 6.82. The molecule has 2 aromatic rings. The van der Waals surface area contributed by atoms with Gasteiger partial charge in [0.05, 0.1) is 12.9 Å². The zero-order chi connectivity index (χ0) is 21.9. The Bertz CT molecular complexity index is 823. The Morgan fingerprint density at radius 3 is 2.53 bits per heavy atom. The van der Waals surface area contributed by atoms with Gasteiger partial charge in [0.1, 0.15) is 11.8 Å². The van der Waals surface area contributed by atoms with E-state index in [1.165, 1.54) is 11.1 Å². The van der Waals surface area contributed by atoms with Crippen molar-refractivity contribution in [3.05, 3.63) is 65.2 Å². The van der Waals surface area contributed by atoms with Gasteiger partial charge in [-0.15, -0.1) is 11.8 Å². The number of benzene rings is 2. The van der Waals surface area contributed by atoms with Crippen molar-refractivity contribution in [3.8, 4) is 5.75 Å². The molecular weight excluding hydrogens is 396 g/mol. The molecule has 0 fully saturated rings. The molecule has 0 bridgehead atoms. The van der Waals surface area contributed by atoms with Gasteiger partial charge in [0.15, 0.2) is 0 Å². The number of thioether (sulfide) groups is 1. The van der Waals surface area contributed by atoms with Crippen molar-refractivity contribution in [2.24, 2.45) is 0 Å². The molecule has 2 rings (SSSR count). The van der Waals surface area contributed by atoms with Crippen LogP contribution in [0.3, 0.4) is 0 Å². The van der Waals surface area contributed by atoms with Crippen molar-refractivity contribution in [1.29, 1.82) is 0 Å². The Kier molecular flexibility index (Phi) is 9.74. The van der Waals surface area contributed by atoms with Crippen LogP contribution in [-0.4, -0.2) is 42.2 Å². The summed E-state index contributed by atoms with van der Waals surface area (Å²) in [7, 11) is 1.62. The van der Waals surface area contributed by atoms with E-state index >= 15 is 0 Å². The van der Waals surface area contributed by atoms with Gasteiger partial charge in [0.25, 0.3) is 0 Å². The SMILES string of the molecule is CCCNC(=O)[C@@H](C)N(Cc1cccc(OC)c1)C(=O)CSCc1ccc(C)cc1. The van der Waals surface area contributed by atoms with Crippen molar-refractivity contribution >= 4 is 23.6 Å². The lowest BCUT2D eigenvalue weighted by Crippen LogP contribution is -2.48. The van der Waals surface area contributed by atoms with Crippen molar-refractivity contribution < 1.29 is 14.3 Å². The number of rotatable bonds is 11. The van der Waals surface area contributed by atoms with Crippen LogP contribution in [0, 0.1) is 6.92 Å². The average molecular weight is 429 g/mol. The van der Waals surface area contributed by atoms with Crippen LogP contribution in [0.4, 0.5) is 0 Å². The fourth-order valence-electron chi connectivity index (χ4n) is 2.97. The maximum Gasteiger partial charge on any atom is 0.242 e. The molecule has 5 nitrogen and oxygen atoms in total. The quantitative estimate of drug-likeness (QED) is 0.583. The third-order valence-electron chi connectivity index (χ3n) is 4.82. The molecule has 162 valence electrons. The van der Waals surface area contributed by atoms with Crippen LogP contribution in [0.1, 0.15) is 37.0 Å². The Labute approximate surface area is 184 Å². The lowest BCUT2D eigenvalue weighted by Gasteiger charge is -2.29. The molecule has 0 saturated heterocycles. The number of nitrogens with one attached hydrogen (secondary N) is 1. The monoisotopic (exact) mass is 428 g/mol. The minimum atomic E-state index is -0.546. The zero-order valence-corrected chi connectivity index (χ0v) is 19.1. The molecule has 0 aromatic heterocycles. The first-order chi connectivity index (χ1) is 14.4. The lowest BCUT2D eigenvalue weighted by molar-refractivity contribution is -0.138. The van der Waals surface area contributed by atoms with Gasteiger partial charge in [-0.3, -0.25) is 9.59 Å². The van der Waals surface area contributed by atoms with Crippen molar-refractivity contribution in [3.63, 3.8) is 0 Å². The van der Waals surface area contributed by atoms with Crippen LogP contribution in [-0.2, 0) is 21.9 Å². The molecule has 0 aliphatic rings. The Morgan fingerprint density at radius 2 is 1.87 bits per heavy atom. The van der Waals surface area contributed by atoms with E-state index < -0.39 is 6.04 Å². The summed E-state index contributed by atoms with van der Waals surface area (Å²) in [6.07, 6.45) is 0.856. The molecule has 1 N–H and O–H groups in total. The molecule has 0 unspecified atom stereocenters. The highest BCUT2D eigenvalue weighted by atomic mass is 32.2. The van der Waals surface area contributed by atoms with Gasteiger partial charge in [-0.25, -0.2) is 0 Å². The van der Waals surface area contributed by atoms with E-state index in [-0.39, 0.29) is 11.8 Å². The summed E-state index contributed by atoms with van der Waals surface area (Å²) in [5.41, 5.74) is 3.34. The third-order valence-corrected chi connectivity index (χ3v) is 5.81. The number of aryl methyl sites for hydroxylation is 1. The topological polar surface area (TPSA) is 58.6 Å². The van der Waals surface area contributed by atoms with Crippen molar-refractivity contribution in [1.82, 2.24) is 10.2 Å². The Hall–Kier alpha value is -2.47. The van der Waals surface area contributed by atoms with Crippen LogP contribution in [0.15, 0.2) is 48.5 Å². The highest BCUT2D eigenvalue weighted by molar-refractivity contribution is 7.99. The number of amides is 2. The second-order valence-corrected chi connectivity index (χ2v) is 8.30. The number of nitrogens with zero attached hydrogens (tertiary/aromatic N) is 1. The Morgan fingerprint density at radius 1 is 1.13 bits per heavy atom. The number of hydrogen-bond acceptors (Lipinski definition) is 4. The summed E-state index contributed by atoms with van der Waals surface area (Å²) in [4.78, 5) is 27.3. The van der Waals surface area contributed by atoms with Gasteiger partial charge in [-0.05, 0) is 43.5 Å². The maximum absolute atomic E-state index is 13.1. The average Bonchev–Trinajstić information content (AvgIpc) is 2.76. The minimum absolute atomic E-state index is 0.0471. The highest BCUT2D eigenvalue weighted by Crippen LogP contribution is 2.18. The predicted octanol–water partition coefficient (Wildman–Crippen LogP) is 4.18. The van der Waals surface area contributed by atoms with Gasteiger partial charge < -0.3 is 15.0 Å². The summed E-state index contributed by atoms with van der Waals surface area (Å²) in [6, 6.07) is 15.4.